The van der Waals surface area contributed by atoms with E-state index in [9.17, 15) is 0 Å². The van der Waals surface area contributed by atoms with E-state index in [0.29, 0.717) is 0 Å². The zero-order valence-electron chi connectivity index (χ0n) is 16.8. The lowest BCUT2D eigenvalue weighted by atomic mass is 10.0. The molecule has 1 aromatic carbocycles. The summed E-state index contributed by atoms with van der Waals surface area (Å²) >= 11 is 0. The molecule has 0 aromatic heterocycles. The molecule has 1 rings (SSSR count). The molecule has 0 spiro atoms. The zero-order valence-corrected chi connectivity index (χ0v) is 16.8. The quantitative estimate of drug-likeness (QED) is 0.265. The molecular weight excluding hydrogens is 302 g/mol. The number of nitrogens with one attached hydrogen (secondary N) is 1. The highest BCUT2D eigenvalue weighted by Gasteiger charge is 1.95. The molecule has 1 nitrogen and oxygen atoms in total. The van der Waals surface area contributed by atoms with E-state index >= 15 is 0 Å². The molecule has 0 heterocycles. The van der Waals surface area contributed by atoms with E-state index in [2.05, 4.69) is 30.4 Å². The fourth-order valence-corrected chi connectivity index (χ4v) is 3.41. The van der Waals surface area contributed by atoms with Gasteiger partial charge in [-0.3, -0.25) is 0 Å². The second-order valence-corrected chi connectivity index (χ2v) is 7.52. The number of benzene rings is 1. The summed E-state index contributed by atoms with van der Waals surface area (Å²) in [5.41, 5.74) is 1.22. The van der Waals surface area contributed by atoms with Gasteiger partial charge >= 0.3 is 0 Å². The highest BCUT2D eigenvalue weighted by Crippen LogP contribution is 2.14. The molecule has 0 aliphatic rings. The number of unbranched alkanes of at least 4 members (excludes halogenated alkanes) is 15. The first-order valence-electron chi connectivity index (χ1n) is 11.1. The van der Waals surface area contributed by atoms with Crippen molar-refractivity contribution in [3.05, 3.63) is 30.3 Å². The van der Waals surface area contributed by atoms with Gasteiger partial charge in [0.25, 0.3) is 0 Å². The number of hydrogen-bond donors (Lipinski definition) is 1. The molecule has 0 unspecified atom stereocenters. The van der Waals surface area contributed by atoms with E-state index in [4.69, 9.17) is 0 Å². The Morgan fingerprint density at radius 1 is 0.600 bits per heavy atom. The van der Waals surface area contributed by atoms with Crippen molar-refractivity contribution >= 4 is 5.69 Å². The average Bonchev–Trinajstić information content (AvgIpc) is 2.65. The summed E-state index contributed by atoms with van der Waals surface area (Å²) in [4.78, 5) is 0. The summed E-state index contributed by atoms with van der Waals surface area (Å²) in [5, 5.41) is 3.47. The van der Waals surface area contributed by atoms with E-state index < -0.39 is 0 Å². The molecule has 0 fully saturated rings. The van der Waals surface area contributed by atoms with E-state index in [1.807, 2.05) is 12.1 Å². The lowest BCUT2D eigenvalue weighted by molar-refractivity contribution is 0.530. The zero-order chi connectivity index (χ0) is 17.8. The van der Waals surface area contributed by atoms with Gasteiger partial charge in [0.15, 0.2) is 0 Å². The van der Waals surface area contributed by atoms with E-state index in [-0.39, 0.29) is 0 Å². The highest BCUT2D eigenvalue weighted by molar-refractivity contribution is 5.41. The summed E-state index contributed by atoms with van der Waals surface area (Å²) in [6, 6.07) is 11.2. The molecule has 1 N–H and O–H groups in total. The van der Waals surface area contributed by atoms with Crippen molar-refractivity contribution in [2.24, 2.45) is 0 Å². The van der Waals surface area contributed by atoms with Gasteiger partial charge in [0, 0.05) is 12.2 Å². The Balaban J connectivity index is 1.69. The maximum Gasteiger partial charge on any atom is 0.0340 e. The first-order chi connectivity index (χ1) is 12.4. The summed E-state index contributed by atoms with van der Waals surface area (Å²) in [6.07, 6.45) is 22.9. The predicted octanol–water partition coefficient (Wildman–Crippen LogP) is 8.16. The van der Waals surface area contributed by atoms with Crippen molar-refractivity contribution in [3.63, 3.8) is 0 Å². The molecule has 143 valence electrons. The molecule has 1 aromatic rings. The molecule has 0 amide bonds. The molecule has 0 aliphatic carbocycles. The fraction of sp³-hybridized carbons (Fsp3) is 0.750. The van der Waals surface area contributed by atoms with Gasteiger partial charge < -0.3 is 5.32 Å². The normalized spacial score (nSPS) is 10.9. The summed E-state index contributed by atoms with van der Waals surface area (Å²) in [5.74, 6) is 0. The van der Waals surface area contributed by atoms with Crippen molar-refractivity contribution < 1.29 is 0 Å². The van der Waals surface area contributed by atoms with Crippen LogP contribution in [0, 0.1) is 6.07 Å². The molecular formula is C24H42N. The van der Waals surface area contributed by atoms with Gasteiger partial charge in [0.1, 0.15) is 0 Å². The maximum atomic E-state index is 3.47. The highest BCUT2D eigenvalue weighted by atomic mass is 14.9. The van der Waals surface area contributed by atoms with Crippen LogP contribution in [0.1, 0.15) is 110 Å². The molecule has 25 heavy (non-hydrogen) atoms. The summed E-state index contributed by atoms with van der Waals surface area (Å²) in [7, 11) is 0. The van der Waals surface area contributed by atoms with E-state index in [1.165, 1.54) is 108 Å². The monoisotopic (exact) mass is 344 g/mol. The summed E-state index contributed by atoms with van der Waals surface area (Å²) < 4.78 is 0. The Labute approximate surface area is 158 Å². The van der Waals surface area contributed by atoms with Crippen molar-refractivity contribution in [1.82, 2.24) is 0 Å². The first kappa shape index (κ1) is 22.1. The molecule has 0 saturated carbocycles. The SMILES string of the molecule is CCCCCCCCCCCCCCCCCCNc1cc[c]cc1. The smallest absolute Gasteiger partial charge is 0.0340 e. The molecule has 0 saturated heterocycles. The number of hydrogen-bond acceptors (Lipinski definition) is 1. The van der Waals surface area contributed by atoms with Crippen LogP contribution in [0.25, 0.3) is 0 Å². The largest absolute Gasteiger partial charge is 0.385 e. The van der Waals surface area contributed by atoms with Crippen LogP contribution in [0.15, 0.2) is 24.3 Å². The second-order valence-electron chi connectivity index (χ2n) is 7.52. The van der Waals surface area contributed by atoms with Gasteiger partial charge in [-0.25, -0.2) is 0 Å². The molecule has 1 radical (unpaired) electrons. The van der Waals surface area contributed by atoms with Crippen molar-refractivity contribution in [2.75, 3.05) is 11.9 Å². The van der Waals surface area contributed by atoms with Crippen LogP contribution in [0.3, 0.4) is 0 Å². The minimum Gasteiger partial charge on any atom is -0.385 e. The Kier molecular flexibility index (Phi) is 15.7. The lowest BCUT2D eigenvalue weighted by Crippen LogP contribution is -2.00. The standard InChI is InChI=1S/C24H42N/c1-2-3-4-5-6-7-8-9-10-11-12-13-14-15-16-20-23-25-24-21-18-17-19-22-24/h18-19,21-22,25H,2-16,20,23H2,1H3. The second kappa shape index (κ2) is 17.8. The van der Waals surface area contributed by atoms with Crippen LogP contribution in [-0.4, -0.2) is 6.54 Å². The van der Waals surface area contributed by atoms with Gasteiger partial charge in [-0.15, -0.1) is 0 Å². The third-order valence-electron chi connectivity index (χ3n) is 5.08. The van der Waals surface area contributed by atoms with Crippen LogP contribution in [0.2, 0.25) is 0 Å². The Bertz CT molecular complexity index is 360. The Morgan fingerprint density at radius 2 is 1.00 bits per heavy atom. The van der Waals surface area contributed by atoms with Crippen molar-refractivity contribution in [1.29, 1.82) is 0 Å². The Hall–Kier alpha value is -0.980. The van der Waals surface area contributed by atoms with E-state index in [0.717, 1.165) is 6.54 Å². The maximum absolute atomic E-state index is 3.47. The van der Waals surface area contributed by atoms with Crippen LogP contribution in [-0.2, 0) is 0 Å². The van der Waals surface area contributed by atoms with Gasteiger partial charge in [0.05, 0.1) is 0 Å². The topological polar surface area (TPSA) is 12.0 Å². The predicted molar refractivity (Wildman–Crippen MR) is 113 cm³/mol. The number of anilines is 1. The van der Waals surface area contributed by atoms with Crippen LogP contribution in [0.5, 0.6) is 0 Å². The van der Waals surface area contributed by atoms with E-state index in [1.54, 1.807) is 0 Å². The molecule has 0 aliphatic heterocycles. The summed E-state index contributed by atoms with van der Waals surface area (Å²) in [6.45, 7) is 3.39. The van der Waals surface area contributed by atoms with Gasteiger partial charge in [-0.1, -0.05) is 115 Å². The fourth-order valence-electron chi connectivity index (χ4n) is 3.41. The minimum absolute atomic E-state index is 1.10. The first-order valence-corrected chi connectivity index (χ1v) is 11.1. The minimum atomic E-state index is 1.10. The van der Waals surface area contributed by atoms with Crippen LogP contribution < -0.4 is 5.32 Å². The number of rotatable bonds is 18. The Morgan fingerprint density at radius 3 is 1.44 bits per heavy atom. The molecule has 0 bridgehead atoms. The van der Waals surface area contributed by atoms with Crippen LogP contribution >= 0.6 is 0 Å². The van der Waals surface area contributed by atoms with Gasteiger partial charge in [-0.05, 0) is 24.6 Å². The lowest BCUT2D eigenvalue weighted by Gasteiger charge is -2.06. The molecule has 0 atom stereocenters. The van der Waals surface area contributed by atoms with Gasteiger partial charge in [0.2, 0.25) is 0 Å². The third-order valence-corrected chi connectivity index (χ3v) is 5.08. The van der Waals surface area contributed by atoms with Gasteiger partial charge in [-0.2, -0.15) is 0 Å². The third kappa shape index (κ3) is 15.0. The van der Waals surface area contributed by atoms with Crippen molar-refractivity contribution in [2.45, 2.75) is 110 Å². The van der Waals surface area contributed by atoms with Crippen LogP contribution in [0.4, 0.5) is 5.69 Å². The molecule has 1 heteroatoms. The van der Waals surface area contributed by atoms with Crippen molar-refractivity contribution in [3.8, 4) is 0 Å². The average molecular weight is 345 g/mol.